The van der Waals surface area contributed by atoms with Crippen molar-refractivity contribution in [3.63, 3.8) is 0 Å². The van der Waals surface area contributed by atoms with Crippen LogP contribution in [0, 0.1) is 6.33 Å². The van der Waals surface area contributed by atoms with Crippen LogP contribution in [0.25, 0.3) is 11.4 Å². The number of imidazole rings is 2. The van der Waals surface area contributed by atoms with Gasteiger partial charge in [-0.1, -0.05) is 6.07 Å². The van der Waals surface area contributed by atoms with Crippen molar-refractivity contribution in [2.75, 3.05) is 0 Å². The SMILES string of the molecule is N[C@@H](Cc1cnc[nH]1)C(=O)c1cccnc1-c1ccccn1.[Cl][Os].[c-]1ncc[nH]1. The molecular formula is C19H18ClN7OOs-. The van der Waals surface area contributed by atoms with Gasteiger partial charge in [0.15, 0.2) is 5.78 Å². The zero-order chi connectivity index (χ0) is 20.9. The molecule has 0 amide bonds. The second kappa shape index (κ2) is 12.7. The quantitative estimate of drug-likeness (QED) is 0.244. The van der Waals surface area contributed by atoms with E-state index in [1.54, 1.807) is 49.4 Å². The van der Waals surface area contributed by atoms with Crippen LogP contribution in [-0.4, -0.2) is 41.7 Å². The second-order valence-electron chi connectivity index (χ2n) is 5.57. The van der Waals surface area contributed by atoms with Gasteiger partial charge in [-0.05, 0) is 30.6 Å². The van der Waals surface area contributed by atoms with Gasteiger partial charge in [0.2, 0.25) is 0 Å². The van der Waals surface area contributed by atoms with Crippen LogP contribution < -0.4 is 5.73 Å². The minimum Gasteiger partial charge on any atom is -0.467 e. The molecule has 0 unspecified atom stereocenters. The Morgan fingerprint density at radius 2 is 2.00 bits per heavy atom. The molecule has 0 bridgehead atoms. The number of nitrogens with two attached hydrogens (primary N) is 1. The van der Waals surface area contributed by atoms with Crippen LogP contribution in [0.15, 0.2) is 67.6 Å². The number of nitrogens with zero attached hydrogens (tertiary/aromatic N) is 4. The smallest absolute Gasteiger partial charge is 0.00235 e. The number of carbonyl (C=O) groups excluding carboxylic acids is 1. The molecule has 4 aromatic heterocycles. The Hall–Kier alpha value is -2.72. The average Bonchev–Trinajstić information content (AvgIpc) is 3.52. The number of rotatable bonds is 5. The molecule has 0 fully saturated rings. The fraction of sp³-hybridized carbons (Fsp3) is 0.105. The number of hydrogen-bond acceptors (Lipinski definition) is 6. The number of ketones is 1. The van der Waals surface area contributed by atoms with E-state index in [4.69, 9.17) is 5.73 Å². The van der Waals surface area contributed by atoms with E-state index >= 15 is 0 Å². The molecule has 29 heavy (non-hydrogen) atoms. The molecule has 0 saturated heterocycles. The summed E-state index contributed by atoms with van der Waals surface area (Å²) in [7, 11) is 4.67. The number of halogens is 1. The Morgan fingerprint density at radius 3 is 2.59 bits per heavy atom. The Balaban J connectivity index is 0.000000367. The Kier molecular flexibility index (Phi) is 9.87. The van der Waals surface area contributed by atoms with E-state index in [-0.39, 0.29) is 5.78 Å². The van der Waals surface area contributed by atoms with Gasteiger partial charge in [-0.25, -0.2) is 4.98 Å². The van der Waals surface area contributed by atoms with Gasteiger partial charge in [-0.3, -0.25) is 14.8 Å². The number of carbonyl (C=O) groups is 1. The maximum Gasteiger partial charge on any atom is -0.00235 e. The summed E-state index contributed by atoms with van der Waals surface area (Å²) in [6.07, 6.45) is 12.8. The predicted molar refractivity (Wildman–Crippen MR) is 105 cm³/mol. The van der Waals surface area contributed by atoms with Crippen LogP contribution in [0.5, 0.6) is 0 Å². The van der Waals surface area contributed by atoms with Crippen molar-refractivity contribution in [3.8, 4) is 11.4 Å². The zero-order valence-electron chi connectivity index (χ0n) is 15.1. The van der Waals surface area contributed by atoms with Crippen LogP contribution >= 0.6 is 9.64 Å². The van der Waals surface area contributed by atoms with E-state index in [0.29, 0.717) is 23.4 Å². The van der Waals surface area contributed by atoms with Gasteiger partial charge < -0.3 is 20.7 Å². The molecule has 0 radical (unpaired) electrons. The van der Waals surface area contributed by atoms with Crippen LogP contribution in [0.2, 0.25) is 0 Å². The van der Waals surface area contributed by atoms with E-state index in [1.807, 2.05) is 18.2 Å². The molecule has 4 heterocycles. The van der Waals surface area contributed by atoms with E-state index < -0.39 is 6.04 Å². The van der Waals surface area contributed by atoms with Crippen molar-refractivity contribution < 1.29 is 22.4 Å². The average molecular weight is 586 g/mol. The van der Waals surface area contributed by atoms with Crippen molar-refractivity contribution >= 4 is 15.4 Å². The zero-order valence-corrected chi connectivity index (χ0v) is 18.4. The standard InChI is InChI=1S/C16H15N5O.C3H3N2.ClH.Os/c17-13(8-11-9-18-10-21-11)16(22)12-4-3-7-20-15(12)14-5-1-2-6-19-14;1-2-5-3-4-1;;/h1-7,9-10,13H,8,17H2,(H,18,21);1-2H,(H,4,5);1H;/q;-1;;+1/p-1/t13-;;;/m0.../s1. The number of pyridine rings is 2. The first-order valence-corrected chi connectivity index (χ1v) is 11.5. The van der Waals surface area contributed by atoms with Crippen molar-refractivity contribution in [3.05, 3.63) is 85.2 Å². The third-order valence-corrected chi connectivity index (χ3v) is 3.67. The molecule has 0 saturated carbocycles. The molecule has 0 aliphatic carbocycles. The van der Waals surface area contributed by atoms with Gasteiger partial charge >= 0.3 is 27.2 Å². The van der Waals surface area contributed by atoms with Crippen LogP contribution in [0.4, 0.5) is 0 Å². The molecule has 151 valence electrons. The molecular weight excluding hydrogens is 568 g/mol. The summed E-state index contributed by atoms with van der Waals surface area (Å²) in [5.41, 5.74) is 8.55. The Labute approximate surface area is 182 Å². The molecule has 4 aromatic rings. The van der Waals surface area contributed by atoms with Crippen molar-refractivity contribution in [2.24, 2.45) is 5.73 Å². The minimum atomic E-state index is -0.660. The molecule has 10 heteroatoms. The van der Waals surface area contributed by atoms with Crippen molar-refractivity contribution in [1.82, 2.24) is 29.9 Å². The van der Waals surface area contributed by atoms with Crippen LogP contribution in [0.3, 0.4) is 0 Å². The van der Waals surface area contributed by atoms with Gasteiger partial charge in [0.25, 0.3) is 0 Å². The predicted octanol–water partition coefficient (Wildman–Crippen LogP) is 2.52. The normalized spacial score (nSPS) is 10.7. The molecule has 8 nitrogen and oxygen atoms in total. The first-order valence-electron chi connectivity index (χ1n) is 8.38. The van der Waals surface area contributed by atoms with Gasteiger partial charge in [0.1, 0.15) is 0 Å². The second-order valence-corrected chi connectivity index (χ2v) is 5.57. The number of nitrogens with one attached hydrogen (secondary N) is 2. The molecule has 0 aromatic carbocycles. The molecule has 0 aliphatic heterocycles. The molecule has 1 atom stereocenters. The summed E-state index contributed by atoms with van der Waals surface area (Å²) in [6.45, 7) is 0. The first-order chi connectivity index (χ1) is 14.3. The summed E-state index contributed by atoms with van der Waals surface area (Å²) in [4.78, 5) is 34.2. The van der Waals surface area contributed by atoms with Gasteiger partial charge in [0.05, 0.1) is 23.8 Å². The number of aromatic amines is 2. The monoisotopic (exact) mass is 587 g/mol. The molecule has 4 N–H and O–H groups in total. The van der Waals surface area contributed by atoms with Gasteiger partial charge in [-0.15, -0.1) is 12.4 Å². The third kappa shape index (κ3) is 6.99. The van der Waals surface area contributed by atoms with Crippen LogP contribution in [-0.2, 0) is 24.0 Å². The summed E-state index contributed by atoms with van der Waals surface area (Å²) in [5, 5.41) is 0. The van der Waals surface area contributed by atoms with Crippen LogP contribution in [0.1, 0.15) is 16.1 Å². The molecule has 4 rings (SSSR count). The van der Waals surface area contributed by atoms with E-state index in [0.717, 1.165) is 5.69 Å². The third-order valence-electron chi connectivity index (χ3n) is 3.67. The summed E-state index contributed by atoms with van der Waals surface area (Å²) in [6, 6.07) is 8.29. The van der Waals surface area contributed by atoms with Crippen molar-refractivity contribution in [2.45, 2.75) is 12.5 Å². The summed E-state index contributed by atoms with van der Waals surface area (Å²) in [5.74, 6) is -0.164. The summed E-state index contributed by atoms with van der Waals surface area (Å²) >= 11 is 1.33. The Bertz CT molecular complexity index is 933. The largest absolute Gasteiger partial charge is 0.467 e. The maximum absolute atomic E-state index is 12.6. The summed E-state index contributed by atoms with van der Waals surface area (Å²) < 4.78 is 0. The Morgan fingerprint density at radius 1 is 1.17 bits per heavy atom. The van der Waals surface area contributed by atoms with E-state index in [9.17, 15) is 4.79 Å². The van der Waals surface area contributed by atoms with E-state index in [2.05, 4.69) is 45.9 Å². The number of Topliss-reactive ketones (excluding diaryl/α,β-unsaturated/α-hetero) is 1. The number of hydrogen-bond donors (Lipinski definition) is 3. The maximum atomic E-state index is 12.6. The molecule has 0 aliphatic rings. The topological polar surface area (TPSA) is 126 Å². The fourth-order valence-corrected chi connectivity index (χ4v) is 2.42. The van der Waals surface area contributed by atoms with E-state index in [1.165, 1.54) is 17.6 Å². The van der Waals surface area contributed by atoms with Crippen molar-refractivity contribution in [1.29, 1.82) is 0 Å². The first kappa shape index (κ1) is 22.6. The molecule has 0 spiro atoms. The minimum absolute atomic E-state index is 0.164. The van der Waals surface area contributed by atoms with Gasteiger partial charge in [-0.2, -0.15) is 0 Å². The fourth-order valence-electron chi connectivity index (χ4n) is 2.42. The number of aromatic nitrogens is 6. The van der Waals surface area contributed by atoms with Gasteiger partial charge in [0, 0.05) is 36.3 Å². The number of H-pyrrole nitrogens is 2.